The van der Waals surface area contributed by atoms with Crippen molar-refractivity contribution in [3.8, 4) is 5.75 Å². The highest BCUT2D eigenvalue weighted by Crippen LogP contribution is 2.25. The molecule has 1 saturated heterocycles. The Hall–Kier alpha value is -0.780. The Labute approximate surface area is 118 Å². The number of piperidine rings is 1. The molecule has 0 saturated carbocycles. The number of carbonyl (C=O) groups is 1. The number of hydrogen-bond acceptors (Lipinski definition) is 4. The molecule has 0 aromatic carbocycles. The number of nitrogens with two attached hydrogens (primary N) is 1. The zero-order valence-corrected chi connectivity index (χ0v) is 12.1. The molecule has 2 rings (SSSR count). The number of halogens is 1. The van der Waals surface area contributed by atoms with Crippen molar-refractivity contribution in [2.75, 3.05) is 20.2 Å². The third kappa shape index (κ3) is 3.16. The van der Waals surface area contributed by atoms with Gasteiger partial charge in [-0.1, -0.05) is 0 Å². The van der Waals surface area contributed by atoms with E-state index in [9.17, 15) is 4.79 Å². The quantitative estimate of drug-likeness (QED) is 0.928. The van der Waals surface area contributed by atoms with Gasteiger partial charge in [0.2, 0.25) is 0 Å². The van der Waals surface area contributed by atoms with Crippen molar-refractivity contribution in [3.05, 3.63) is 16.3 Å². The Kier molecular flexibility index (Phi) is 5.91. The third-order valence-electron chi connectivity index (χ3n) is 3.18. The van der Waals surface area contributed by atoms with E-state index in [1.54, 1.807) is 13.2 Å². The first-order chi connectivity index (χ1) is 8.26. The van der Waals surface area contributed by atoms with Gasteiger partial charge in [0, 0.05) is 30.6 Å². The van der Waals surface area contributed by atoms with Crippen LogP contribution >= 0.6 is 23.7 Å². The number of carbonyl (C=O) groups excluding carboxylic acids is 1. The maximum atomic E-state index is 12.3. The summed E-state index contributed by atoms with van der Waals surface area (Å²) in [4.78, 5) is 15.0. The first kappa shape index (κ1) is 15.3. The zero-order valence-electron chi connectivity index (χ0n) is 10.4. The minimum atomic E-state index is 0. The Morgan fingerprint density at radius 3 is 3.00 bits per heavy atom. The fourth-order valence-corrected chi connectivity index (χ4v) is 3.00. The van der Waals surface area contributed by atoms with Gasteiger partial charge in [-0.05, 0) is 19.3 Å². The molecule has 1 fully saturated rings. The second-order valence-corrected chi connectivity index (χ2v) is 5.15. The van der Waals surface area contributed by atoms with Crippen LogP contribution in [0.1, 0.15) is 28.9 Å². The highest BCUT2D eigenvalue weighted by Gasteiger charge is 2.27. The highest BCUT2D eigenvalue weighted by molar-refractivity contribution is 7.12. The summed E-state index contributed by atoms with van der Waals surface area (Å²) in [5, 5.41) is 1.86. The van der Waals surface area contributed by atoms with Gasteiger partial charge in [-0.15, -0.1) is 23.7 Å². The van der Waals surface area contributed by atoms with Crippen LogP contribution < -0.4 is 10.5 Å². The average molecular weight is 291 g/mol. The van der Waals surface area contributed by atoms with Gasteiger partial charge in [-0.2, -0.15) is 0 Å². The summed E-state index contributed by atoms with van der Waals surface area (Å²) in [6.45, 7) is 1.37. The lowest BCUT2D eigenvalue weighted by Crippen LogP contribution is -2.47. The smallest absolute Gasteiger partial charge is 0.264 e. The van der Waals surface area contributed by atoms with Crippen LogP contribution in [0.25, 0.3) is 0 Å². The number of methoxy groups -OCH3 is 1. The molecule has 1 unspecified atom stereocenters. The maximum absolute atomic E-state index is 12.3. The second-order valence-electron chi connectivity index (χ2n) is 4.23. The molecule has 2 heterocycles. The van der Waals surface area contributed by atoms with Crippen LogP contribution in [-0.4, -0.2) is 37.0 Å². The molecule has 0 bridgehead atoms. The summed E-state index contributed by atoms with van der Waals surface area (Å²) >= 11 is 1.43. The van der Waals surface area contributed by atoms with E-state index >= 15 is 0 Å². The van der Waals surface area contributed by atoms with E-state index in [0.717, 1.165) is 30.0 Å². The Balaban J connectivity index is 0.00000162. The van der Waals surface area contributed by atoms with Crippen LogP contribution in [0.15, 0.2) is 11.4 Å². The largest absolute Gasteiger partial charge is 0.496 e. The molecule has 18 heavy (non-hydrogen) atoms. The van der Waals surface area contributed by atoms with E-state index in [2.05, 4.69) is 0 Å². The van der Waals surface area contributed by atoms with Gasteiger partial charge in [0.25, 0.3) is 5.91 Å². The lowest BCUT2D eigenvalue weighted by Gasteiger charge is -2.34. The molecule has 1 aromatic rings. The first-order valence-corrected chi connectivity index (χ1v) is 6.77. The van der Waals surface area contributed by atoms with E-state index in [4.69, 9.17) is 10.5 Å². The summed E-state index contributed by atoms with van der Waals surface area (Å²) in [5.74, 6) is 0.841. The summed E-state index contributed by atoms with van der Waals surface area (Å²) in [7, 11) is 1.61. The molecular weight excluding hydrogens is 272 g/mol. The standard InChI is InChI=1S/C12H18N2O2S.ClH/c1-16-10-6-11(17-8-10)12(15)14-5-3-2-4-9(14)7-13;/h6,8-9H,2-5,7,13H2,1H3;1H. The molecule has 1 atom stereocenters. The fourth-order valence-electron chi connectivity index (χ4n) is 2.19. The number of rotatable bonds is 3. The third-order valence-corrected chi connectivity index (χ3v) is 4.08. The Bertz CT molecular complexity index is 397. The van der Waals surface area contributed by atoms with E-state index in [1.807, 2.05) is 10.3 Å². The van der Waals surface area contributed by atoms with Crippen LogP contribution in [0.5, 0.6) is 5.75 Å². The molecule has 102 valence electrons. The molecule has 0 radical (unpaired) electrons. The van der Waals surface area contributed by atoms with Crippen molar-refractivity contribution < 1.29 is 9.53 Å². The lowest BCUT2D eigenvalue weighted by atomic mass is 10.0. The summed E-state index contributed by atoms with van der Waals surface area (Å²) in [6, 6.07) is 2.00. The molecule has 2 N–H and O–H groups in total. The molecule has 0 aliphatic carbocycles. The van der Waals surface area contributed by atoms with Crippen molar-refractivity contribution in [1.82, 2.24) is 4.90 Å². The molecule has 1 amide bonds. The van der Waals surface area contributed by atoms with E-state index in [-0.39, 0.29) is 24.4 Å². The Morgan fingerprint density at radius 1 is 1.61 bits per heavy atom. The molecular formula is C12H19ClN2O2S. The molecule has 0 spiro atoms. The number of hydrogen-bond donors (Lipinski definition) is 1. The van der Waals surface area contributed by atoms with E-state index in [0.29, 0.717) is 6.54 Å². The van der Waals surface area contributed by atoms with Gasteiger partial charge < -0.3 is 15.4 Å². The molecule has 1 aliphatic rings. The average Bonchev–Trinajstić information content (AvgIpc) is 2.86. The van der Waals surface area contributed by atoms with E-state index in [1.165, 1.54) is 17.8 Å². The van der Waals surface area contributed by atoms with Crippen LogP contribution in [0.2, 0.25) is 0 Å². The monoisotopic (exact) mass is 290 g/mol. The molecule has 6 heteroatoms. The van der Waals surface area contributed by atoms with Crippen LogP contribution in [-0.2, 0) is 0 Å². The number of amides is 1. The number of likely N-dealkylation sites (tertiary alicyclic amines) is 1. The van der Waals surface area contributed by atoms with Gasteiger partial charge in [-0.3, -0.25) is 4.79 Å². The first-order valence-electron chi connectivity index (χ1n) is 5.90. The van der Waals surface area contributed by atoms with Gasteiger partial charge in [0.15, 0.2) is 0 Å². The van der Waals surface area contributed by atoms with Crippen molar-refractivity contribution in [1.29, 1.82) is 0 Å². The molecule has 1 aromatic heterocycles. The number of nitrogens with zero attached hydrogens (tertiary/aromatic N) is 1. The van der Waals surface area contributed by atoms with Crippen LogP contribution in [0.3, 0.4) is 0 Å². The van der Waals surface area contributed by atoms with Gasteiger partial charge in [0.05, 0.1) is 12.0 Å². The highest BCUT2D eigenvalue weighted by atomic mass is 35.5. The second kappa shape index (κ2) is 6.97. The molecule has 1 aliphatic heterocycles. The van der Waals surface area contributed by atoms with E-state index < -0.39 is 0 Å². The molecule has 4 nitrogen and oxygen atoms in total. The van der Waals surface area contributed by atoms with Gasteiger partial charge in [0.1, 0.15) is 5.75 Å². The summed E-state index contributed by atoms with van der Waals surface area (Å²) in [5.41, 5.74) is 5.73. The topological polar surface area (TPSA) is 55.6 Å². The van der Waals surface area contributed by atoms with Crippen molar-refractivity contribution in [2.45, 2.75) is 25.3 Å². The van der Waals surface area contributed by atoms with Crippen molar-refractivity contribution in [2.24, 2.45) is 5.73 Å². The summed E-state index contributed by atoms with van der Waals surface area (Å²) < 4.78 is 5.10. The summed E-state index contributed by atoms with van der Waals surface area (Å²) in [6.07, 6.45) is 3.26. The van der Waals surface area contributed by atoms with Gasteiger partial charge in [-0.25, -0.2) is 0 Å². The number of thiophene rings is 1. The predicted octanol–water partition coefficient (Wildman–Crippen LogP) is 2.13. The van der Waals surface area contributed by atoms with Gasteiger partial charge >= 0.3 is 0 Å². The van der Waals surface area contributed by atoms with Crippen LogP contribution in [0, 0.1) is 0 Å². The van der Waals surface area contributed by atoms with Crippen molar-refractivity contribution in [3.63, 3.8) is 0 Å². The minimum absolute atomic E-state index is 0. The fraction of sp³-hybridized carbons (Fsp3) is 0.583. The lowest BCUT2D eigenvalue weighted by molar-refractivity contribution is 0.0628. The van der Waals surface area contributed by atoms with Crippen molar-refractivity contribution >= 4 is 29.7 Å². The SMILES string of the molecule is COc1csc(C(=O)N2CCCCC2CN)c1.Cl. The maximum Gasteiger partial charge on any atom is 0.264 e. The zero-order chi connectivity index (χ0) is 12.3. The Morgan fingerprint density at radius 2 is 2.39 bits per heavy atom. The van der Waals surface area contributed by atoms with Crippen LogP contribution in [0.4, 0.5) is 0 Å². The predicted molar refractivity (Wildman–Crippen MR) is 75.8 cm³/mol. The minimum Gasteiger partial charge on any atom is -0.496 e. The normalized spacial score (nSPS) is 19.2. The number of ether oxygens (including phenoxy) is 1.